The molecule has 0 saturated heterocycles. The standard InChI is InChI=1S/C29H30N2O3/c1-6-34-20-11-9-10-19(15-20)22-16-24(29(3,4)5)18(2)14-26(22)31-28(33)23-17-30-25-13-8-7-12-21(25)27(23)32/h7-17H,6H2,1-5H3,(H,30,32)(H,31,33). The molecule has 1 aromatic heterocycles. The zero-order chi connectivity index (χ0) is 24.5. The maximum atomic E-state index is 13.3. The number of nitrogens with one attached hydrogen (secondary N) is 2. The first-order chi connectivity index (χ1) is 16.2. The minimum atomic E-state index is -0.447. The normalized spacial score (nSPS) is 11.4. The Hall–Kier alpha value is -3.86. The molecule has 4 rings (SSSR count). The largest absolute Gasteiger partial charge is 0.494 e. The van der Waals surface area contributed by atoms with E-state index in [4.69, 9.17) is 4.74 Å². The molecular formula is C29H30N2O3. The minimum Gasteiger partial charge on any atom is -0.494 e. The quantitative estimate of drug-likeness (QED) is 0.364. The Balaban J connectivity index is 1.82. The maximum absolute atomic E-state index is 13.3. The molecule has 5 nitrogen and oxygen atoms in total. The van der Waals surface area contributed by atoms with Crippen LogP contribution < -0.4 is 15.5 Å². The number of anilines is 1. The first kappa shape index (κ1) is 23.3. The van der Waals surface area contributed by atoms with Crippen LogP contribution in [0.15, 0.2) is 71.7 Å². The van der Waals surface area contributed by atoms with Gasteiger partial charge in [-0.25, -0.2) is 0 Å². The SMILES string of the molecule is CCOc1cccc(-c2cc(C(C)(C)C)c(C)cc2NC(=O)c2c[nH]c3ccccc3c2=O)c1. The number of fused-ring (bicyclic) bond motifs is 1. The number of aromatic amines is 1. The third kappa shape index (κ3) is 4.60. The fourth-order valence-corrected chi connectivity index (χ4v) is 4.30. The lowest BCUT2D eigenvalue weighted by atomic mass is 9.82. The summed E-state index contributed by atoms with van der Waals surface area (Å²) in [5.41, 5.74) is 5.11. The molecule has 0 atom stereocenters. The van der Waals surface area contributed by atoms with E-state index in [9.17, 15) is 9.59 Å². The molecule has 34 heavy (non-hydrogen) atoms. The Labute approximate surface area is 199 Å². The fraction of sp³-hybridized carbons (Fsp3) is 0.241. The van der Waals surface area contributed by atoms with Crippen molar-refractivity contribution in [1.82, 2.24) is 4.98 Å². The Bertz CT molecular complexity index is 1430. The van der Waals surface area contributed by atoms with Crippen LogP contribution in [0.3, 0.4) is 0 Å². The summed E-state index contributed by atoms with van der Waals surface area (Å²) in [6, 6.07) is 19.1. The number of rotatable bonds is 5. The molecule has 0 saturated carbocycles. The number of amides is 1. The molecule has 0 fully saturated rings. The van der Waals surface area contributed by atoms with Crippen LogP contribution in [0.5, 0.6) is 5.75 Å². The molecule has 1 amide bonds. The predicted molar refractivity (Wildman–Crippen MR) is 139 cm³/mol. The number of benzene rings is 3. The summed E-state index contributed by atoms with van der Waals surface area (Å²) in [5, 5.41) is 3.49. The second kappa shape index (κ2) is 9.18. The highest BCUT2D eigenvalue weighted by Crippen LogP contribution is 2.37. The number of ether oxygens (including phenoxy) is 1. The number of pyridine rings is 1. The van der Waals surface area contributed by atoms with Gasteiger partial charge in [0.1, 0.15) is 11.3 Å². The van der Waals surface area contributed by atoms with Crippen LogP contribution in [0, 0.1) is 6.92 Å². The number of hydrogen-bond donors (Lipinski definition) is 2. The van der Waals surface area contributed by atoms with Gasteiger partial charge in [0.25, 0.3) is 5.91 Å². The average Bonchev–Trinajstić information content (AvgIpc) is 2.79. The van der Waals surface area contributed by atoms with Crippen molar-refractivity contribution in [3.05, 3.63) is 93.8 Å². The second-order valence-electron chi connectivity index (χ2n) is 9.45. The first-order valence-corrected chi connectivity index (χ1v) is 11.5. The highest BCUT2D eigenvalue weighted by molar-refractivity contribution is 6.07. The van der Waals surface area contributed by atoms with Gasteiger partial charge in [0.05, 0.1) is 6.61 Å². The Kier molecular flexibility index (Phi) is 6.29. The van der Waals surface area contributed by atoms with Gasteiger partial charge in [0.2, 0.25) is 5.43 Å². The highest BCUT2D eigenvalue weighted by atomic mass is 16.5. The Morgan fingerprint density at radius 2 is 1.79 bits per heavy atom. The number of carbonyl (C=O) groups excluding carboxylic acids is 1. The lowest BCUT2D eigenvalue weighted by Crippen LogP contribution is -2.22. The van der Waals surface area contributed by atoms with Gasteiger partial charge in [-0.1, -0.05) is 45.0 Å². The molecule has 3 aromatic carbocycles. The van der Waals surface area contributed by atoms with Gasteiger partial charge in [-0.2, -0.15) is 0 Å². The number of hydrogen-bond acceptors (Lipinski definition) is 3. The molecule has 0 radical (unpaired) electrons. The van der Waals surface area contributed by atoms with E-state index >= 15 is 0 Å². The van der Waals surface area contributed by atoms with Crippen molar-refractivity contribution in [2.45, 2.75) is 40.0 Å². The number of H-pyrrole nitrogens is 1. The molecule has 0 bridgehead atoms. The summed E-state index contributed by atoms with van der Waals surface area (Å²) < 4.78 is 5.70. The van der Waals surface area contributed by atoms with Crippen molar-refractivity contribution in [2.24, 2.45) is 0 Å². The third-order valence-electron chi connectivity index (χ3n) is 5.91. The monoisotopic (exact) mass is 454 g/mol. The lowest BCUT2D eigenvalue weighted by molar-refractivity contribution is 0.102. The summed E-state index contributed by atoms with van der Waals surface area (Å²) in [4.78, 5) is 29.3. The molecule has 0 aliphatic rings. The van der Waals surface area contributed by atoms with E-state index in [0.29, 0.717) is 23.2 Å². The minimum absolute atomic E-state index is 0.0743. The van der Waals surface area contributed by atoms with Gasteiger partial charge in [0.15, 0.2) is 0 Å². The number of para-hydroxylation sites is 1. The predicted octanol–water partition coefficient (Wildman–Crippen LogP) is 6.45. The van der Waals surface area contributed by atoms with E-state index in [0.717, 1.165) is 22.4 Å². The van der Waals surface area contributed by atoms with Gasteiger partial charge in [-0.3, -0.25) is 9.59 Å². The smallest absolute Gasteiger partial charge is 0.261 e. The van der Waals surface area contributed by atoms with Gasteiger partial charge < -0.3 is 15.0 Å². The van der Waals surface area contributed by atoms with Crippen LogP contribution in [-0.2, 0) is 5.41 Å². The van der Waals surface area contributed by atoms with E-state index in [2.05, 4.69) is 37.1 Å². The summed E-state index contributed by atoms with van der Waals surface area (Å²) >= 11 is 0. The number of carbonyl (C=O) groups is 1. The van der Waals surface area contributed by atoms with Crippen molar-refractivity contribution in [2.75, 3.05) is 11.9 Å². The van der Waals surface area contributed by atoms with E-state index in [1.807, 2.05) is 56.3 Å². The van der Waals surface area contributed by atoms with E-state index in [1.54, 1.807) is 12.1 Å². The molecule has 5 heteroatoms. The first-order valence-electron chi connectivity index (χ1n) is 11.5. The van der Waals surface area contributed by atoms with Crippen LogP contribution in [0.25, 0.3) is 22.0 Å². The molecular weight excluding hydrogens is 424 g/mol. The van der Waals surface area contributed by atoms with Gasteiger partial charge in [-0.05, 0) is 72.4 Å². The molecule has 0 aliphatic heterocycles. The van der Waals surface area contributed by atoms with Crippen LogP contribution in [0.1, 0.15) is 49.2 Å². The van der Waals surface area contributed by atoms with Crippen LogP contribution in [0.2, 0.25) is 0 Å². The summed E-state index contributed by atoms with van der Waals surface area (Å²) in [5.74, 6) is 0.318. The summed E-state index contributed by atoms with van der Waals surface area (Å²) in [6.45, 7) is 11.1. The zero-order valence-corrected chi connectivity index (χ0v) is 20.3. The topological polar surface area (TPSA) is 71.2 Å². The van der Waals surface area contributed by atoms with Crippen molar-refractivity contribution >= 4 is 22.5 Å². The van der Waals surface area contributed by atoms with E-state index in [-0.39, 0.29) is 16.4 Å². The molecule has 2 N–H and O–H groups in total. The van der Waals surface area contributed by atoms with E-state index in [1.165, 1.54) is 11.8 Å². The molecule has 1 heterocycles. The summed E-state index contributed by atoms with van der Waals surface area (Å²) in [7, 11) is 0. The zero-order valence-electron chi connectivity index (χ0n) is 20.3. The lowest BCUT2D eigenvalue weighted by Gasteiger charge is -2.25. The molecule has 0 unspecified atom stereocenters. The van der Waals surface area contributed by atoms with Crippen molar-refractivity contribution < 1.29 is 9.53 Å². The third-order valence-corrected chi connectivity index (χ3v) is 5.91. The number of aromatic nitrogens is 1. The van der Waals surface area contributed by atoms with Crippen molar-refractivity contribution in [3.8, 4) is 16.9 Å². The molecule has 4 aromatic rings. The maximum Gasteiger partial charge on any atom is 0.261 e. The van der Waals surface area contributed by atoms with Gasteiger partial charge in [-0.15, -0.1) is 0 Å². The number of aryl methyl sites for hydroxylation is 1. The van der Waals surface area contributed by atoms with Gasteiger partial charge in [0, 0.05) is 28.4 Å². The van der Waals surface area contributed by atoms with E-state index < -0.39 is 5.91 Å². The molecule has 0 aliphatic carbocycles. The molecule has 0 spiro atoms. The average molecular weight is 455 g/mol. The fourth-order valence-electron chi connectivity index (χ4n) is 4.30. The molecule has 174 valence electrons. The highest BCUT2D eigenvalue weighted by Gasteiger charge is 2.21. The van der Waals surface area contributed by atoms with Crippen molar-refractivity contribution in [1.29, 1.82) is 0 Å². The summed E-state index contributed by atoms with van der Waals surface area (Å²) in [6.07, 6.45) is 1.48. The Morgan fingerprint density at radius 1 is 1.03 bits per heavy atom. The van der Waals surface area contributed by atoms with Gasteiger partial charge >= 0.3 is 0 Å². The Morgan fingerprint density at radius 3 is 2.53 bits per heavy atom. The second-order valence-corrected chi connectivity index (χ2v) is 9.45. The van der Waals surface area contributed by atoms with Crippen LogP contribution in [0.4, 0.5) is 5.69 Å². The van der Waals surface area contributed by atoms with Crippen LogP contribution in [-0.4, -0.2) is 17.5 Å². The van der Waals surface area contributed by atoms with Crippen molar-refractivity contribution in [3.63, 3.8) is 0 Å². The van der Waals surface area contributed by atoms with Crippen LogP contribution >= 0.6 is 0 Å².